The molecule has 0 N–H and O–H groups in total. The molecule has 0 aliphatic heterocycles. The second-order valence-electron chi connectivity index (χ2n) is 7.02. The first kappa shape index (κ1) is 21.9. The normalized spacial score (nSPS) is 12.8. The van der Waals surface area contributed by atoms with Crippen LogP contribution in [0.5, 0.6) is 0 Å². The van der Waals surface area contributed by atoms with Gasteiger partial charge in [0.05, 0.1) is 6.61 Å². The fraction of sp³-hybridized carbons (Fsp3) is 0.762. The molecule has 0 heterocycles. The van der Waals surface area contributed by atoms with Crippen LogP contribution in [0.4, 0.5) is 0 Å². The Morgan fingerprint density at radius 1 is 1.00 bits per heavy atom. The van der Waals surface area contributed by atoms with Gasteiger partial charge in [-0.05, 0) is 65.2 Å². The highest BCUT2D eigenvalue weighted by atomic mass is 16.5. The summed E-state index contributed by atoms with van der Waals surface area (Å²) < 4.78 is 5.30. The van der Waals surface area contributed by atoms with Gasteiger partial charge in [-0.1, -0.05) is 50.0 Å². The van der Waals surface area contributed by atoms with Gasteiger partial charge in [0.25, 0.3) is 0 Å². The average Bonchev–Trinajstić information content (AvgIpc) is 2.47. The molecule has 0 aromatic heterocycles. The summed E-state index contributed by atoms with van der Waals surface area (Å²) in [4.78, 5) is 11.5. The third-order valence-corrected chi connectivity index (χ3v) is 4.10. The molecule has 2 nitrogen and oxygen atoms in total. The SMILES string of the molecule is CCCCCC(=O)OCCC(C)CC/C=C(\C)CCC=C(C)C. The zero-order chi connectivity index (χ0) is 17.5. The Morgan fingerprint density at radius 3 is 2.39 bits per heavy atom. The summed E-state index contributed by atoms with van der Waals surface area (Å²) in [6.07, 6.45) is 14.1. The summed E-state index contributed by atoms with van der Waals surface area (Å²) in [6.45, 7) is 11.5. The highest BCUT2D eigenvalue weighted by Crippen LogP contribution is 2.14. The maximum atomic E-state index is 11.5. The zero-order valence-corrected chi connectivity index (χ0v) is 16.1. The van der Waals surface area contributed by atoms with Crippen molar-refractivity contribution in [3.63, 3.8) is 0 Å². The van der Waals surface area contributed by atoms with E-state index in [4.69, 9.17) is 4.74 Å². The molecule has 23 heavy (non-hydrogen) atoms. The third kappa shape index (κ3) is 15.6. The minimum atomic E-state index is -0.0272. The molecule has 0 amide bonds. The maximum absolute atomic E-state index is 11.5. The fourth-order valence-corrected chi connectivity index (χ4v) is 2.41. The minimum absolute atomic E-state index is 0.0272. The first-order valence-electron chi connectivity index (χ1n) is 9.40. The lowest BCUT2D eigenvalue weighted by Gasteiger charge is -2.11. The fourth-order valence-electron chi connectivity index (χ4n) is 2.41. The molecular weight excluding hydrogens is 284 g/mol. The van der Waals surface area contributed by atoms with E-state index < -0.39 is 0 Å². The Kier molecular flexibility index (Phi) is 13.9. The van der Waals surface area contributed by atoms with E-state index in [0.29, 0.717) is 18.9 Å². The van der Waals surface area contributed by atoms with Crippen LogP contribution < -0.4 is 0 Å². The molecule has 0 radical (unpaired) electrons. The van der Waals surface area contributed by atoms with Crippen molar-refractivity contribution in [1.29, 1.82) is 0 Å². The summed E-state index contributed by atoms with van der Waals surface area (Å²) in [5, 5.41) is 0. The lowest BCUT2D eigenvalue weighted by molar-refractivity contribution is -0.144. The van der Waals surface area contributed by atoms with Crippen molar-refractivity contribution in [1.82, 2.24) is 0 Å². The van der Waals surface area contributed by atoms with Crippen LogP contribution in [0.1, 0.15) is 92.4 Å². The number of hydrogen-bond acceptors (Lipinski definition) is 2. The van der Waals surface area contributed by atoms with Crippen molar-refractivity contribution in [3.8, 4) is 0 Å². The van der Waals surface area contributed by atoms with Crippen LogP contribution in [0.15, 0.2) is 23.3 Å². The van der Waals surface area contributed by atoms with E-state index in [9.17, 15) is 4.79 Å². The summed E-state index contributed by atoms with van der Waals surface area (Å²) in [5.74, 6) is 0.584. The average molecular weight is 323 g/mol. The third-order valence-electron chi connectivity index (χ3n) is 4.10. The van der Waals surface area contributed by atoms with Crippen LogP contribution in [0.3, 0.4) is 0 Å². The van der Waals surface area contributed by atoms with Gasteiger partial charge in [0.1, 0.15) is 0 Å². The Hall–Kier alpha value is -1.05. The Labute approximate surface area is 144 Å². The van der Waals surface area contributed by atoms with Crippen LogP contribution in [0.25, 0.3) is 0 Å². The van der Waals surface area contributed by atoms with Gasteiger partial charge >= 0.3 is 5.97 Å². The monoisotopic (exact) mass is 322 g/mol. The molecule has 1 unspecified atom stereocenters. The molecule has 0 rings (SSSR count). The summed E-state index contributed by atoms with van der Waals surface area (Å²) >= 11 is 0. The van der Waals surface area contributed by atoms with Gasteiger partial charge in [-0.25, -0.2) is 0 Å². The molecule has 2 heteroatoms. The van der Waals surface area contributed by atoms with Crippen molar-refractivity contribution >= 4 is 5.97 Å². The molecule has 0 spiro atoms. The van der Waals surface area contributed by atoms with E-state index in [1.807, 2.05) is 0 Å². The van der Waals surface area contributed by atoms with Crippen molar-refractivity contribution in [3.05, 3.63) is 23.3 Å². The first-order chi connectivity index (χ1) is 11.0. The Bertz CT molecular complexity index is 362. The standard InChI is InChI=1S/C21H38O2/c1-6-7-8-15-21(22)23-17-16-20(5)14-10-13-19(4)12-9-11-18(2)3/h11,13,20H,6-10,12,14-17H2,1-5H3/b19-13+. The smallest absolute Gasteiger partial charge is 0.305 e. The molecular formula is C21H38O2. The van der Waals surface area contributed by atoms with Crippen LogP contribution >= 0.6 is 0 Å². The van der Waals surface area contributed by atoms with Crippen molar-refractivity contribution < 1.29 is 9.53 Å². The number of carbonyl (C=O) groups is 1. The van der Waals surface area contributed by atoms with Gasteiger partial charge in [-0.3, -0.25) is 4.79 Å². The zero-order valence-electron chi connectivity index (χ0n) is 16.1. The molecule has 0 bridgehead atoms. The van der Waals surface area contributed by atoms with Crippen molar-refractivity contribution in [2.24, 2.45) is 5.92 Å². The number of rotatable bonds is 13. The first-order valence-corrected chi connectivity index (χ1v) is 9.40. The summed E-state index contributed by atoms with van der Waals surface area (Å²) in [5.41, 5.74) is 2.88. The van der Waals surface area contributed by atoms with E-state index in [1.165, 1.54) is 17.6 Å². The number of esters is 1. The van der Waals surface area contributed by atoms with Crippen LogP contribution in [-0.4, -0.2) is 12.6 Å². The molecule has 0 aliphatic carbocycles. The van der Waals surface area contributed by atoms with Gasteiger partial charge in [-0.2, -0.15) is 0 Å². The Morgan fingerprint density at radius 2 is 1.74 bits per heavy atom. The number of carbonyl (C=O) groups excluding carboxylic acids is 1. The number of hydrogen-bond donors (Lipinski definition) is 0. The molecule has 0 saturated heterocycles. The largest absolute Gasteiger partial charge is 0.466 e. The van der Waals surface area contributed by atoms with Crippen LogP contribution in [0.2, 0.25) is 0 Å². The Balaban J connectivity index is 3.68. The van der Waals surface area contributed by atoms with Gasteiger partial charge in [0.15, 0.2) is 0 Å². The quantitative estimate of drug-likeness (QED) is 0.217. The van der Waals surface area contributed by atoms with E-state index in [1.54, 1.807) is 0 Å². The van der Waals surface area contributed by atoms with E-state index in [0.717, 1.165) is 44.9 Å². The highest BCUT2D eigenvalue weighted by Gasteiger charge is 2.05. The second kappa shape index (κ2) is 14.5. The number of ether oxygens (including phenoxy) is 1. The molecule has 0 fully saturated rings. The van der Waals surface area contributed by atoms with Gasteiger partial charge in [0, 0.05) is 6.42 Å². The highest BCUT2D eigenvalue weighted by molar-refractivity contribution is 5.69. The predicted molar refractivity (Wildman–Crippen MR) is 101 cm³/mol. The van der Waals surface area contributed by atoms with E-state index >= 15 is 0 Å². The van der Waals surface area contributed by atoms with Gasteiger partial charge in [0.2, 0.25) is 0 Å². The molecule has 0 aliphatic rings. The molecule has 1 atom stereocenters. The van der Waals surface area contributed by atoms with Gasteiger partial charge < -0.3 is 4.74 Å². The molecule has 0 aromatic carbocycles. The lowest BCUT2D eigenvalue weighted by atomic mass is 10.0. The topological polar surface area (TPSA) is 26.3 Å². The maximum Gasteiger partial charge on any atom is 0.305 e. The minimum Gasteiger partial charge on any atom is -0.466 e. The lowest BCUT2D eigenvalue weighted by Crippen LogP contribution is -2.08. The number of unbranched alkanes of at least 4 members (excludes halogenated alkanes) is 2. The number of allylic oxidation sites excluding steroid dienone is 4. The molecule has 0 saturated carbocycles. The van der Waals surface area contributed by atoms with Crippen LogP contribution in [-0.2, 0) is 9.53 Å². The molecule has 0 aromatic rings. The van der Waals surface area contributed by atoms with Crippen molar-refractivity contribution in [2.75, 3.05) is 6.61 Å². The second-order valence-corrected chi connectivity index (χ2v) is 7.02. The van der Waals surface area contributed by atoms with Crippen LogP contribution in [0, 0.1) is 5.92 Å². The van der Waals surface area contributed by atoms with E-state index in [-0.39, 0.29) is 5.97 Å². The van der Waals surface area contributed by atoms with Crippen molar-refractivity contribution in [2.45, 2.75) is 92.4 Å². The summed E-state index contributed by atoms with van der Waals surface area (Å²) in [7, 11) is 0. The van der Waals surface area contributed by atoms with Gasteiger partial charge in [-0.15, -0.1) is 0 Å². The summed E-state index contributed by atoms with van der Waals surface area (Å²) in [6, 6.07) is 0. The molecule has 134 valence electrons. The predicted octanol–water partition coefficient (Wildman–Crippen LogP) is 6.61. The van der Waals surface area contributed by atoms with E-state index in [2.05, 4.69) is 46.8 Å².